The summed E-state index contributed by atoms with van der Waals surface area (Å²) in [7, 11) is 0. The van der Waals surface area contributed by atoms with E-state index in [9.17, 15) is 4.79 Å². The first-order valence-electron chi connectivity index (χ1n) is 10.4. The molecule has 1 atom stereocenters. The second kappa shape index (κ2) is 10.8. The second-order valence-corrected chi connectivity index (χ2v) is 9.38. The third kappa shape index (κ3) is 5.91. The standard InChI is InChI=1S/C23H24Cl2N4O2S/c1-15(16-6-7-18(24)19(25)12-16)26-22(30)14-32-23-17-4-2-3-5-20(17)27-21(28-23)13-29-8-10-31-11-9-29/h2-7,12,15H,8-11,13-14H2,1H3,(H,26,30). The van der Waals surface area contributed by atoms with Gasteiger partial charge in [0.15, 0.2) is 0 Å². The molecule has 6 nitrogen and oxygen atoms in total. The van der Waals surface area contributed by atoms with Crippen molar-refractivity contribution in [2.75, 3.05) is 32.1 Å². The van der Waals surface area contributed by atoms with E-state index < -0.39 is 0 Å². The van der Waals surface area contributed by atoms with Crippen LogP contribution in [0.5, 0.6) is 0 Å². The number of fused-ring (bicyclic) bond motifs is 1. The van der Waals surface area contributed by atoms with Crippen LogP contribution in [0.15, 0.2) is 47.5 Å². The summed E-state index contributed by atoms with van der Waals surface area (Å²) in [4.78, 5) is 24.4. The molecule has 0 saturated carbocycles. The summed E-state index contributed by atoms with van der Waals surface area (Å²) in [5, 5.41) is 5.75. The van der Waals surface area contributed by atoms with Crippen LogP contribution in [0.25, 0.3) is 10.9 Å². The first kappa shape index (κ1) is 23.3. The fourth-order valence-corrected chi connectivity index (χ4v) is 4.67. The van der Waals surface area contributed by atoms with E-state index in [0.29, 0.717) is 16.6 Å². The molecule has 1 aliphatic rings. The molecule has 32 heavy (non-hydrogen) atoms. The molecule has 1 amide bonds. The number of carbonyl (C=O) groups is 1. The Morgan fingerprint density at radius 2 is 1.94 bits per heavy atom. The van der Waals surface area contributed by atoms with E-state index in [-0.39, 0.29) is 17.7 Å². The van der Waals surface area contributed by atoms with E-state index in [2.05, 4.69) is 10.2 Å². The van der Waals surface area contributed by atoms with E-state index >= 15 is 0 Å². The Balaban J connectivity index is 1.44. The zero-order valence-corrected chi connectivity index (χ0v) is 20.0. The van der Waals surface area contributed by atoms with Crippen molar-refractivity contribution in [1.82, 2.24) is 20.2 Å². The Morgan fingerprint density at radius 1 is 1.16 bits per heavy atom. The predicted octanol–water partition coefficient (Wildman–Crippen LogP) is 4.74. The van der Waals surface area contributed by atoms with Crippen molar-refractivity contribution >= 4 is 51.8 Å². The molecule has 1 N–H and O–H groups in total. The molecule has 0 bridgehead atoms. The molecule has 1 fully saturated rings. The highest BCUT2D eigenvalue weighted by atomic mass is 35.5. The van der Waals surface area contributed by atoms with Crippen molar-refractivity contribution in [2.45, 2.75) is 24.5 Å². The van der Waals surface area contributed by atoms with Gasteiger partial charge in [-0.15, -0.1) is 0 Å². The highest BCUT2D eigenvalue weighted by Gasteiger charge is 2.16. The molecular weight excluding hydrogens is 467 g/mol. The fourth-order valence-electron chi connectivity index (χ4n) is 3.52. The lowest BCUT2D eigenvalue weighted by molar-refractivity contribution is -0.119. The predicted molar refractivity (Wildman–Crippen MR) is 129 cm³/mol. The van der Waals surface area contributed by atoms with Crippen molar-refractivity contribution in [1.29, 1.82) is 0 Å². The third-order valence-electron chi connectivity index (χ3n) is 5.24. The van der Waals surface area contributed by atoms with Gasteiger partial charge in [-0.3, -0.25) is 9.69 Å². The summed E-state index contributed by atoms with van der Waals surface area (Å²) >= 11 is 13.5. The van der Waals surface area contributed by atoms with Crippen LogP contribution in [0.2, 0.25) is 10.0 Å². The van der Waals surface area contributed by atoms with Gasteiger partial charge < -0.3 is 10.1 Å². The molecule has 1 aliphatic heterocycles. The number of carbonyl (C=O) groups excluding carboxylic acids is 1. The zero-order chi connectivity index (χ0) is 22.5. The van der Waals surface area contributed by atoms with Crippen LogP contribution in [0, 0.1) is 0 Å². The summed E-state index contributed by atoms with van der Waals surface area (Å²) in [6.45, 7) is 5.78. The van der Waals surface area contributed by atoms with Gasteiger partial charge in [0.05, 0.1) is 47.1 Å². The second-order valence-electron chi connectivity index (χ2n) is 7.60. The minimum absolute atomic E-state index is 0.0778. The number of hydrogen-bond acceptors (Lipinski definition) is 6. The number of nitrogens with one attached hydrogen (secondary N) is 1. The Labute approximate surface area is 201 Å². The number of hydrogen-bond donors (Lipinski definition) is 1. The molecule has 1 saturated heterocycles. The summed E-state index contributed by atoms with van der Waals surface area (Å²) in [5.41, 5.74) is 1.79. The van der Waals surface area contributed by atoms with E-state index in [1.54, 1.807) is 12.1 Å². The van der Waals surface area contributed by atoms with Gasteiger partial charge in [0.2, 0.25) is 5.91 Å². The van der Waals surface area contributed by atoms with Crippen LogP contribution in [0.4, 0.5) is 0 Å². The maximum atomic E-state index is 12.6. The van der Waals surface area contributed by atoms with Crippen LogP contribution >= 0.6 is 35.0 Å². The van der Waals surface area contributed by atoms with Crippen molar-refractivity contribution in [3.8, 4) is 0 Å². The lowest BCUT2D eigenvalue weighted by atomic mass is 10.1. The number of benzene rings is 2. The fraction of sp³-hybridized carbons (Fsp3) is 0.348. The van der Waals surface area contributed by atoms with Crippen LogP contribution in [-0.2, 0) is 16.1 Å². The average Bonchev–Trinajstić information content (AvgIpc) is 2.80. The van der Waals surface area contributed by atoms with Crippen LogP contribution in [-0.4, -0.2) is 52.8 Å². The third-order valence-corrected chi connectivity index (χ3v) is 6.97. The van der Waals surface area contributed by atoms with Gasteiger partial charge >= 0.3 is 0 Å². The number of nitrogens with zero attached hydrogens (tertiary/aromatic N) is 3. The van der Waals surface area contributed by atoms with Crippen LogP contribution in [0.1, 0.15) is 24.4 Å². The Morgan fingerprint density at radius 3 is 2.72 bits per heavy atom. The van der Waals surface area contributed by atoms with Gasteiger partial charge in [-0.25, -0.2) is 9.97 Å². The average molecular weight is 491 g/mol. The summed E-state index contributed by atoms with van der Waals surface area (Å²) in [5.74, 6) is 0.938. The highest BCUT2D eigenvalue weighted by Crippen LogP contribution is 2.27. The number of halogens is 2. The molecule has 1 unspecified atom stereocenters. The van der Waals surface area contributed by atoms with E-state index in [1.165, 1.54) is 11.8 Å². The molecule has 3 aromatic rings. The first-order valence-corrected chi connectivity index (χ1v) is 12.2. The summed E-state index contributed by atoms with van der Waals surface area (Å²) < 4.78 is 5.43. The highest BCUT2D eigenvalue weighted by molar-refractivity contribution is 8.00. The number of rotatable bonds is 7. The van der Waals surface area contributed by atoms with Gasteiger partial charge in [-0.2, -0.15) is 0 Å². The molecule has 2 aromatic carbocycles. The maximum Gasteiger partial charge on any atom is 0.230 e. The number of aromatic nitrogens is 2. The number of para-hydroxylation sites is 1. The Bertz CT molecular complexity index is 1110. The molecule has 4 rings (SSSR count). The SMILES string of the molecule is CC(NC(=O)CSc1nc(CN2CCOCC2)nc2ccccc12)c1ccc(Cl)c(Cl)c1. The smallest absolute Gasteiger partial charge is 0.230 e. The lowest BCUT2D eigenvalue weighted by Crippen LogP contribution is -2.36. The number of thioether (sulfide) groups is 1. The topological polar surface area (TPSA) is 67.4 Å². The Hall–Kier alpha value is -1.90. The van der Waals surface area contributed by atoms with Gasteiger partial charge in [0.25, 0.3) is 0 Å². The normalized spacial score (nSPS) is 15.6. The number of ether oxygens (including phenoxy) is 1. The molecular formula is C23H24Cl2N4O2S. The zero-order valence-electron chi connectivity index (χ0n) is 17.7. The minimum Gasteiger partial charge on any atom is -0.379 e. The van der Waals surface area contributed by atoms with Gasteiger partial charge in [-0.1, -0.05) is 59.2 Å². The summed E-state index contributed by atoms with van der Waals surface area (Å²) in [6.07, 6.45) is 0. The number of amides is 1. The van der Waals surface area contributed by atoms with Crippen molar-refractivity contribution in [3.05, 3.63) is 63.9 Å². The quantitative estimate of drug-likeness (QED) is 0.381. The molecule has 168 valence electrons. The first-order chi connectivity index (χ1) is 15.5. The lowest BCUT2D eigenvalue weighted by Gasteiger charge is -2.25. The van der Waals surface area contributed by atoms with Crippen molar-refractivity contribution in [3.63, 3.8) is 0 Å². The van der Waals surface area contributed by atoms with E-state index in [1.807, 2.05) is 37.3 Å². The van der Waals surface area contributed by atoms with Gasteiger partial charge in [-0.05, 0) is 30.7 Å². The summed E-state index contributed by atoms with van der Waals surface area (Å²) in [6, 6.07) is 13.1. The monoisotopic (exact) mass is 490 g/mol. The molecule has 1 aromatic heterocycles. The van der Waals surface area contributed by atoms with Gasteiger partial charge in [0.1, 0.15) is 10.9 Å². The minimum atomic E-state index is -0.183. The number of morpholine rings is 1. The Kier molecular flexibility index (Phi) is 7.86. The molecule has 2 heterocycles. The van der Waals surface area contributed by atoms with Crippen LogP contribution in [0.3, 0.4) is 0 Å². The molecule has 0 spiro atoms. The van der Waals surface area contributed by atoms with E-state index in [0.717, 1.165) is 53.6 Å². The molecule has 9 heteroatoms. The van der Waals surface area contributed by atoms with Crippen LogP contribution < -0.4 is 5.32 Å². The molecule has 0 radical (unpaired) electrons. The largest absolute Gasteiger partial charge is 0.379 e. The van der Waals surface area contributed by atoms with Crippen molar-refractivity contribution < 1.29 is 9.53 Å². The molecule has 0 aliphatic carbocycles. The van der Waals surface area contributed by atoms with Crippen molar-refractivity contribution in [2.24, 2.45) is 0 Å². The van der Waals surface area contributed by atoms with Gasteiger partial charge in [0, 0.05) is 18.5 Å². The maximum absolute atomic E-state index is 12.6. The van der Waals surface area contributed by atoms with E-state index in [4.69, 9.17) is 37.9 Å².